The van der Waals surface area contributed by atoms with Crippen LogP contribution >= 0.6 is 11.3 Å². The van der Waals surface area contributed by atoms with Crippen molar-refractivity contribution in [1.82, 2.24) is 4.90 Å². The van der Waals surface area contributed by atoms with Gasteiger partial charge >= 0.3 is 5.97 Å². The minimum absolute atomic E-state index is 0.162. The van der Waals surface area contributed by atoms with Crippen molar-refractivity contribution in [2.75, 3.05) is 32.1 Å². The Labute approximate surface area is 178 Å². The van der Waals surface area contributed by atoms with E-state index in [0.29, 0.717) is 28.5 Å². The number of furan rings is 1. The molecular weight excluding hydrogens is 404 g/mol. The van der Waals surface area contributed by atoms with Crippen LogP contribution in [0.5, 0.6) is 5.75 Å². The number of esters is 1. The van der Waals surface area contributed by atoms with Crippen molar-refractivity contribution < 1.29 is 23.5 Å². The van der Waals surface area contributed by atoms with Gasteiger partial charge in [0.25, 0.3) is 5.91 Å². The van der Waals surface area contributed by atoms with E-state index in [-0.39, 0.29) is 12.4 Å². The number of benzene rings is 1. The average Bonchev–Trinajstić information content (AvgIpc) is 3.30. The predicted molar refractivity (Wildman–Crippen MR) is 116 cm³/mol. The molecule has 0 bridgehead atoms. The van der Waals surface area contributed by atoms with E-state index >= 15 is 0 Å². The van der Waals surface area contributed by atoms with E-state index < -0.39 is 11.9 Å². The molecule has 2 aromatic heterocycles. The Balaban J connectivity index is 1.67. The lowest BCUT2D eigenvalue weighted by Crippen LogP contribution is -2.26. The first kappa shape index (κ1) is 20.4. The summed E-state index contributed by atoms with van der Waals surface area (Å²) in [5.41, 5.74) is 1.96. The van der Waals surface area contributed by atoms with E-state index in [1.165, 1.54) is 11.3 Å². The number of amides is 1. The van der Waals surface area contributed by atoms with Gasteiger partial charge in [-0.3, -0.25) is 4.79 Å². The monoisotopic (exact) mass is 428 g/mol. The molecule has 0 fully saturated rings. The summed E-state index contributed by atoms with van der Waals surface area (Å²) in [6, 6.07) is 7.20. The van der Waals surface area contributed by atoms with Crippen LogP contribution in [0.25, 0.3) is 11.0 Å². The normalized spacial score (nSPS) is 13.8. The fourth-order valence-electron chi connectivity index (χ4n) is 3.62. The van der Waals surface area contributed by atoms with E-state index in [4.69, 9.17) is 13.9 Å². The van der Waals surface area contributed by atoms with Crippen LogP contribution in [0, 0.1) is 0 Å². The molecule has 0 saturated heterocycles. The zero-order valence-electron chi connectivity index (χ0n) is 17.2. The minimum Gasteiger partial charge on any atom is -0.490 e. The Morgan fingerprint density at radius 3 is 2.87 bits per heavy atom. The molecule has 1 aliphatic rings. The number of fused-ring (bicyclic) bond motifs is 2. The summed E-state index contributed by atoms with van der Waals surface area (Å²) in [6.45, 7) is 6.04. The summed E-state index contributed by atoms with van der Waals surface area (Å²) >= 11 is 1.42. The molecule has 3 aromatic rings. The first-order valence-corrected chi connectivity index (χ1v) is 10.8. The molecule has 3 heterocycles. The van der Waals surface area contributed by atoms with Crippen LogP contribution in [0.1, 0.15) is 45.2 Å². The largest absolute Gasteiger partial charge is 0.490 e. The Morgan fingerprint density at radius 1 is 1.27 bits per heavy atom. The molecule has 0 unspecified atom stereocenters. The molecule has 8 heteroatoms. The van der Waals surface area contributed by atoms with Gasteiger partial charge in [-0.1, -0.05) is 12.1 Å². The Morgan fingerprint density at radius 2 is 2.10 bits per heavy atom. The Bertz CT molecular complexity index is 1100. The fourth-order valence-corrected chi connectivity index (χ4v) is 4.93. The minimum atomic E-state index is -0.411. The van der Waals surface area contributed by atoms with Crippen LogP contribution in [0.3, 0.4) is 0 Å². The second-order valence-corrected chi connectivity index (χ2v) is 8.19. The molecule has 0 spiro atoms. The number of nitrogens with one attached hydrogen (secondary N) is 1. The highest BCUT2D eigenvalue weighted by atomic mass is 32.1. The number of ether oxygens (including phenoxy) is 2. The molecular formula is C22H24N2O5S. The van der Waals surface area contributed by atoms with Gasteiger partial charge in [-0.2, -0.15) is 0 Å². The number of nitrogens with zero attached hydrogens (tertiary/aromatic N) is 1. The molecule has 0 saturated carbocycles. The van der Waals surface area contributed by atoms with Gasteiger partial charge in [0.1, 0.15) is 5.00 Å². The fraction of sp³-hybridized carbons (Fsp3) is 0.364. The molecule has 30 heavy (non-hydrogen) atoms. The maximum atomic E-state index is 13.0. The van der Waals surface area contributed by atoms with Crippen molar-refractivity contribution in [2.45, 2.75) is 26.8 Å². The third-order valence-electron chi connectivity index (χ3n) is 4.99. The number of carbonyl (C=O) groups excluding carboxylic acids is 2. The summed E-state index contributed by atoms with van der Waals surface area (Å²) < 4.78 is 16.6. The van der Waals surface area contributed by atoms with Crippen LogP contribution in [0.2, 0.25) is 0 Å². The van der Waals surface area contributed by atoms with Crippen molar-refractivity contribution in [2.24, 2.45) is 0 Å². The Hall–Kier alpha value is -2.84. The number of thiophene rings is 1. The summed E-state index contributed by atoms with van der Waals surface area (Å²) in [7, 11) is 2.04. The van der Waals surface area contributed by atoms with Gasteiger partial charge < -0.3 is 24.1 Å². The maximum Gasteiger partial charge on any atom is 0.341 e. The SMILES string of the molecule is CCOC(=O)c1c(NC(=O)c2cc3cccc(OCC)c3o2)sc2c1CCN(C)C2. The molecule has 0 atom stereocenters. The van der Waals surface area contributed by atoms with Crippen molar-refractivity contribution in [3.8, 4) is 5.75 Å². The molecule has 1 aliphatic heterocycles. The van der Waals surface area contributed by atoms with E-state index in [2.05, 4.69) is 10.2 Å². The maximum absolute atomic E-state index is 13.0. The molecule has 1 N–H and O–H groups in total. The van der Waals surface area contributed by atoms with E-state index in [1.807, 2.05) is 26.1 Å². The standard InChI is InChI=1S/C22H24N2O5S/c1-4-27-15-8-6-7-13-11-16(29-19(13)15)20(25)23-21-18(22(26)28-5-2)14-9-10-24(3)12-17(14)30-21/h6-8,11H,4-5,9-10,12H2,1-3H3,(H,23,25). The van der Waals surface area contributed by atoms with Crippen molar-refractivity contribution in [1.29, 1.82) is 0 Å². The van der Waals surface area contributed by atoms with Gasteiger partial charge in [-0.05, 0) is 45.0 Å². The van der Waals surface area contributed by atoms with Crippen LogP contribution in [0.15, 0.2) is 28.7 Å². The first-order chi connectivity index (χ1) is 14.5. The second kappa shape index (κ2) is 8.49. The summed E-state index contributed by atoms with van der Waals surface area (Å²) in [5, 5.41) is 4.16. The number of hydrogen-bond donors (Lipinski definition) is 1. The lowest BCUT2D eigenvalue weighted by Gasteiger charge is -2.22. The molecule has 0 aliphatic carbocycles. The van der Waals surface area contributed by atoms with Gasteiger partial charge in [0.15, 0.2) is 17.1 Å². The molecule has 7 nitrogen and oxygen atoms in total. The van der Waals surface area contributed by atoms with Gasteiger partial charge in [0.05, 0.1) is 18.8 Å². The van der Waals surface area contributed by atoms with Crippen LogP contribution in [0.4, 0.5) is 5.00 Å². The lowest BCUT2D eigenvalue weighted by molar-refractivity contribution is 0.0526. The summed E-state index contributed by atoms with van der Waals surface area (Å²) in [5.74, 6) is -0.0596. The summed E-state index contributed by atoms with van der Waals surface area (Å²) in [4.78, 5) is 28.9. The highest BCUT2D eigenvalue weighted by Gasteiger charge is 2.29. The van der Waals surface area contributed by atoms with Crippen molar-refractivity contribution >= 4 is 39.2 Å². The number of para-hydroxylation sites is 1. The highest BCUT2D eigenvalue weighted by molar-refractivity contribution is 7.17. The number of anilines is 1. The predicted octanol–water partition coefficient (Wildman–Crippen LogP) is 4.31. The smallest absolute Gasteiger partial charge is 0.341 e. The van der Waals surface area contributed by atoms with Crippen LogP contribution in [-0.2, 0) is 17.7 Å². The highest BCUT2D eigenvalue weighted by Crippen LogP contribution is 2.38. The summed E-state index contributed by atoms with van der Waals surface area (Å²) in [6.07, 6.45) is 0.745. The number of likely N-dealkylation sites (N-methyl/N-ethyl adjacent to an activating group) is 1. The van der Waals surface area contributed by atoms with Gasteiger partial charge in [-0.15, -0.1) is 11.3 Å². The van der Waals surface area contributed by atoms with Gasteiger partial charge in [0.2, 0.25) is 0 Å². The molecule has 1 amide bonds. The van der Waals surface area contributed by atoms with Crippen molar-refractivity contribution in [3.63, 3.8) is 0 Å². The average molecular weight is 429 g/mol. The molecule has 4 rings (SSSR count). The number of hydrogen-bond acceptors (Lipinski definition) is 7. The third-order valence-corrected chi connectivity index (χ3v) is 6.12. The van der Waals surface area contributed by atoms with E-state index in [1.54, 1.807) is 19.1 Å². The topological polar surface area (TPSA) is 81.0 Å². The van der Waals surface area contributed by atoms with Crippen LogP contribution < -0.4 is 10.1 Å². The van der Waals surface area contributed by atoms with E-state index in [0.717, 1.165) is 35.3 Å². The molecule has 1 aromatic carbocycles. The van der Waals surface area contributed by atoms with Gasteiger partial charge in [0, 0.05) is 23.4 Å². The number of carbonyl (C=O) groups is 2. The lowest BCUT2D eigenvalue weighted by atomic mass is 10.0. The zero-order valence-corrected chi connectivity index (χ0v) is 18.1. The van der Waals surface area contributed by atoms with Crippen LogP contribution in [-0.4, -0.2) is 43.6 Å². The zero-order chi connectivity index (χ0) is 21.3. The van der Waals surface area contributed by atoms with Crippen molar-refractivity contribution in [3.05, 3.63) is 46.0 Å². The second-order valence-electron chi connectivity index (χ2n) is 7.09. The van der Waals surface area contributed by atoms with Gasteiger partial charge in [-0.25, -0.2) is 4.79 Å². The quantitative estimate of drug-likeness (QED) is 0.589. The molecule has 158 valence electrons. The Kier molecular flexibility index (Phi) is 5.78. The van der Waals surface area contributed by atoms with E-state index in [9.17, 15) is 9.59 Å². The molecule has 0 radical (unpaired) electrons. The number of rotatable bonds is 6. The third kappa shape index (κ3) is 3.80. The first-order valence-electron chi connectivity index (χ1n) is 9.98.